The topological polar surface area (TPSA) is 76.9 Å². The van der Waals surface area contributed by atoms with Gasteiger partial charge in [0.1, 0.15) is 5.82 Å². The number of amides is 1. The molecule has 6 nitrogen and oxygen atoms in total. The Balaban J connectivity index is 1.82. The highest BCUT2D eigenvalue weighted by Gasteiger charge is 2.41. The van der Waals surface area contributed by atoms with Gasteiger partial charge >= 0.3 is 12.4 Å². The smallest absolute Gasteiger partial charge is 0.394 e. The third-order valence-corrected chi connectivity index (χ3v) is 8.23. The summed E-state index contributed by atoms with van der Waals surface area (Å²) in [6.45, 7) is 2.61. The highest BCUT2D eigenvalue weighted by molar-refractivity contribution is 9.10. The van der Waals surface area contributed by atoms with Crippen molar-refractivity contribution in [2.45, 2.75) is 50.2 Å². The van der Waals surface area contributed by atoms with Gasteiger partial charge in [0.05, 0.1) is 47.2 Å². The lowest BCUT2D eigenvalue weighted by molar-refractivity contribution is -0.143. The minimum atomic E-state index is -5.07. The van der Waals surface area contributed by atoms with Crippen LogP contribution >= 0.6 is 15.9 Å². The van der Waals surface area contributed by atoms with Crippen LogP contribution in [0.5, 0.6) is 0 Å². The van der Waals surface area contributed by atoms with Gasteiger partial charge in [0, 0.05) is 23.6 Å². The lowest BCUT2D eigenvalue weighted by Gasteiger charge is -2.32. The Hall–Kier alpha value is -3.16. The van der Waals surface area contributed by atoms with Gasteiger partial charge in [-0.15, -0.1) is 0 Å². The molecule has 2 N–H and O–H groups in total. The first-order valence-corrected chi connectivity index (χ1v) is 13.6. The molecule has 3 aromatic rings. The van der Waals surface area contributed by atoms with E-state index in [4.69, 9.17) is 0 Å². The van der Waals surface area contributed by atoms with Gasteiger partial charge in [0.2, 0.25) is 5.91 Å². The number of alkyl halides is 6. The van der Waals surface area contributed by atoms with Gasteiger partial charge in [-0.25, -0.2) is 4.98 Å². The van der Waals surface area contributed by atoms with E-state index in [2.05, 4.69) is 20.9 Å². The zero-order valence-corrected chi connectivity index (χ0v) is 24.3. The Kier molecular flexibility index (Phi) is 8.69. The van der Waals surface area contributed by atoms with Crippen molar-refractivity contribution in [2.75, 3.05) is 30.0 Å². The fraction of sp³-hybridized carbons (Fsp3) is 0.379. The summed E-state index contributed by atoms with van der Waals surface area (Å²) in [5.41, 5.74) is -3.94. The highest BCUT2D eigenvalue weighted by atomic mass is 79.9. The number of likely N-dealkylation sites (N-methyl/N-ethyl adjacent to an activating group) is 1. The van der Waals surface area contributed by atoms with E-state index < -0.39 is 52.5 Å². The largest absolute Gasteiger partial charge is 0.416 e. The van der Waals surface area contributed by atoms with Gasteiger partial charge < -0.3 is 20.0 Å². The Bertz CT molecular complexity index is 1450. The molecule has 2 aromatic carbocycles. The van der Waals surface area contributed by atoms with E-state index in [9.17, 15) is 41.4 Å². The molecular weight excluding hydrogens is 632 g/mol. The summed E-state index contributed by atoms with van der Waals surface area (Å²) < 4.78 is 82.0. The summed E-state index contributed by atoms with van der Waals surface area (Å²) in [7, 11) is 1.37. The SMILES string of the molecule is CN(C(=O)C(C)(C)c1cc(C(F)(F)F)cc(C(F)(F)F)c1)c1cnc(N2CCC(O)C2CO)cc1-c1ccccc1Br. The minimum absolute atomic E-state index is 0.0242. The number of aliphatic hydroxyl groups excluding tert-OH is 2. The maximum atomic E-state index is 13.9. The number of halogens is 7. The van der Waals surface area contributed by atoms with Crippen molar-refractivity contribution in [2.24, 2.45) is 0 Å². The summed E-state index contributed by atoms with van der Waals surface area (Å²) in [5.74, 6) is -0.365. The number of carbonyl (C=O) groups is 1. The van der Waals surface area contributed by atoms with Crippen LogP contribution < -0.4 is 9.80 Å². The van der Waals surface area contributed by atoms with Gasteiger partial charge in [-0.2, -0.15) is 26.3 Å². The summed E-state index contributed by atoms with van der Waals surface area (Å²) >= 11 is 3.50. The second-order valence-corrected chi connectivity index (χ2v) is 11.5. The van der Waals surface area contributed by atoms with Crippen molar-refractivity contribution >= 4 is 33.3 Å². The van der Waals surface area contributed by atoms with Crippen molar-refractivity contribution in [3.05, 3.63) is 75.9 Å². The lowest BCUT2D eigenvalue weighted by atomic mass is 9.81. The number of benzene rings is 2. The van der Waals surface area contributed by atoms with Crippen LogP contribution in [0.3, 0.4) is 0 Å². The molecule has 0 spiro atoms. The first-order chi connectivity index (χ1) is 19.5. The van der Waals surface area contributed by atoms with Crippen LogP contribution in [-0.2, 0) is 22.6 Å². The maximum absolute atomic E-state index is 13.9. The van der Waals surface area contributed by atoms with E-state index in [1.807, 2.05) is 0 Å². The van der Waals surface area contributed by atoms with Crippen molar-refractivity contribution in [3.63, 3.8) is 0 Å². The fourth-order valence-corrected chi connectivity index (χ4v) is 5.57. The van der Waals surface area contributed by atoms with Crippen LogP contribution in [0.1, 0.15) is 37.0 Å². The average Bonchev–Trinajstić information content (AvgIpc) is 3.31. The number of nitrogens with zero attached hydrogens (tertiary/aromatic N) is 3. The number of hydrogen-bond acceptors (Lipinski definition) is 5. The molecule has 2 atom stereocenters. The molecule has 1 aromatic heterocycles. The van der Waals surface area contributed by atoms with Crippen LogP contribution in [-0.4, -0.2) is 53.4 Å². The second-order valence-electron chi connectivity index (χ2n) is 10.6. The predicted molar refractivity (Wildman–Crippen MR) is 149 cm³/mol. The Morgan fingerprint density at radius 1 is 1.00 bits per heavy atom. The predicted octanol–water partition coefficient (Wildman–Crippen LogP) is 6.42. The lowest BCUT2D eigenvalue weighted by Crippen LogP contribution is -2.42. The van der Waals surface area contributed by atoms with Crippen LogP contribution in [0.15, 0.2) is 59.2 Å². The Morgan fingerprint density at radius 2 is 1.57 bits per heavy atom. The summed E-state index contributed by atoms with van der Waals surface area (Å²) in [6.07, 6.45) is -9.12. The monoisotopic (exact) mass is 659 g/mol. The number of aliphatic hydroxyl groups is 2. The van der Waals surface area contributed by atoms with Crippen molar-refractivity contribution in [1.29, 1.82) is 0 Å². The van der Waals surface area contributed by atoms with Crippen molar-refractivity contribution in [3.8, 4) is 11.1 Å². The molecule has 1 amide bonds. The van der Waals surface area contributed by atoms with Gasteiger partial charge in [-0.05, 0) is 61.7 Å². The van der Waals surface area contributed by atoms with E-state index in [1.54, 1.807) is 35.2 Å². The zero-order chi connectivity index (χ0) is 31.2. The Labute approximate surface area is 246 Å². The quantitative estimate of drug-likeness (QED) is 0.299. The van der Waals surface area contributed by atoms with E-state index in [-0.39, 0.29) is 18.4 Å². The number of hydrogen-bond donors (Lipinski definition) is 2. The first kappa shape index (κ1) is 31.8. The van der Waals surface area contributed by atoms with E-state index in [0.29, 0.717) is 46.5 Å². The number of anilines is 2. The third kappa shape index (κ3) is 6.13. The van der Waals surface area contributed by atoms with Crippen molar-refractivity contribution < 1.29 is 41.4 Å². The van der Waals surface area contributed by atoms with Crippen molar-refractivity contribution in [1.82, 2.24) is 4.98 Å². The van der Waals surface area contributed by atoms with Gasteiger partial charge in [-0.3, -0.25) is 4.79 Å². The molecule has 1 saturated heterocycles. The highest BCUT2D eigenvalue weighted by Crippen LogP contribution is 2.42. The normalized spacial score (nSPS) is 18.0. The number of carbonyl (C=O) groups excluding carboxylic acids is 1. The molecule has 42 heavy (non-hydrogen) atoms. The maximum Gasteiger partial charge on any atom is 0.416 e. The van der Waals surface area contributed by atoms with E-state index in [1.165, 1.54) is 27.1 Å². The summed E-state index contributed by atoms with van der Waals surface area (Å²) in [4.78, 5) is 21.2. The molecule has 2 heterocycles. The molecule has 1 aliphatic heterocycles. The van der Waals surface area contributed by atoms with E-state index >= 15 is 0 Å². The molecule has 1 fully saturated rings. The van der Waals surface area contributed by atoms with Gasteiger partial charge in [0.25, 0.3) is 0 Å². The Morgan fingerprint density at radius 3 is 2.12 bits per heavy atom. The number of pyridine rings is 1. The molecule has 0 radical (unpaired) electrons. The molecule has 4 rings (SSSR count). The molecular formula is C29H28BrF6N3O3. The molecule has 2 unspecified atom stereocenters. The van der Waals surface area contributed by atoms with Gasteiger partial charge in [-0.1, -0.05) is 34.1 Å². The molecule has 0 bridgehead atoms. The van der Waals surface area contributed by atoms with Crippen LogP contribution in [0.2, 0.25) is 0 Å². The average molecular weight is 660 g/mol. The first-order valence-electron chi connectivity index (χ1n) is 12.9. The summed E-state index contributed by atoms with van der Waals surface area (Å²) in [6, 6.07) is 9.27. The van der Waals surface area contributed by atoms with Gasteiger partial charge in [0.15, 0.2) is 0 Å². The molecule has 226 valence electrons. The summed E-state index contributed by atoms with van der Waals surface area (Å²) in [5, 5.41) is 20.1. The third-order valence-electron chi connectivity index (χ3n) is 7.53. The van der Waals surface area contributed by atoms with E-state index in [0.717, 1.165) is 4.90 Å². The zero-order valence-electron chi connectivity index (χ0n) is 22.8. The molecule has 1 aliphatic rings. The molecule has 13 heteroatoms. The van der Waals surface area contributed by atoms with Crippen LogP contribution in [0.4, 0.5) is 37.8 Å². The molecule has 0 aliphatic carbocycles. The second kappa shape index (κ2) is 11.5. The minimum Gasteiger partial charge on any atom is -0.394 e. The molecule has 0 saturated carbocycles. The number of rotatable bonds is 6. The van der Waals surface area contributed by atoms with Crippen LogP contribution in [0.25, 0.3) is 11.1 Å². The number of aromatic nitrogens is 1. The standard InChI is InChI=1S/C29H28BrF6N3O3/c1-27(2,16-10-17(28(31,32)33)12-18(11-16)29(34,35)36)26(42)38(3)22-14-37-25(39-9-8-24(41)23(39)15-40)13-20(22)19-6-4-5-7-21(19)30/h4-7,10-14,23-24,40-41H,8-9,15H2,1-3H3. The van der Waals surface area contributed by atoms with Crippen LogP contribution in [0, 0.1) is 0 Å². The fourth-order valence-electron chi connectivity index (χ4n) is 5.07.